The summed E-state index contributed by atoms with van der Waals surface area (Å²) in [4.78, 5) is 3.43. The summed E-state index contributed by atoms with van der Waals surface area (Å²) >= 11 is 0. The first-order valence-electron chi connectivity index (χ1n) is 3.76. The molecule has 0 bridgehead atoms. The summed E-state index contributed by atoms with van der Waals surface area (Å²) in [5, 5.41) is 8.48. The van der Waals surface area contributed by atoms with E-state index in [0.29, 0.717) is 0 Å². The summed E-state index contributed by atoms with van der Waals surface area (Å²) in [5.74, 6) is -1.02. The summed E-state index contributed by atoms with van der Waals surface area (Å²) in [5.41, 5.74) is 5.27. The Balaban J connectivity index is 3.16. The first kappa shape index (κ1) is 11.1. The van der Waals surface area contributed by atoms with Crippen LogP contribution < -0.4 is 10.5 Å². The van der Waals surface area contributed by atoms with Crippen molar-refractivity contribution in [2.24, 2.45) is 0 Å². The Labute approximate surface area is 83.1 Å². The van der Waals surface area contributed by atoms with Gasteiger partial charge >= 0.3 is 6.36 Å². The van der Waals surface area contributed by atoms with Crippen LogP contribution in [0.15, 0.2) is 6.07 Å². The minimum atomic E-state index is -4.82. The molecule has 0 aliphatic heterocycles. The number of nitriles is 1. The summed E-state index contributed by atoms with van der Waals surface area (Å²) < 4.78 is 39.4. The number of aryl methyl sites for hydroxylation is 1. The van der Waals surface area contributed by atoms with Crippen LogP contribution in [0.3, 0.4) is 0 Å². The molecule has 1 heterocycles. The number of aromatic nitrogens is 1. The van der Waals surface area contributed by atoms with Crippen molar-refractivity contribution in [2.75, 3.05) is 5.73 Å². The van der Waals surface area contributed by atoms with Crippen molar-refractivity contribution in [3.63, 3.8) is 0 Å². The van der Waals surface area contributed by atoms with Crippen LogP contribution in [-0.4, -0.2) is 11.3 Å². The number of alkyl halides is 3. The number of halogens is 3. The zero-order chi connectivity index (χ0) is 11.6. The summed E-state index contributed by atoms with van der Waals surface area (Å²) in [6, 6.07) is 2.83. The highest BCUT2D eigenvalue weighted by Gasteiger charge is 2.33. The second-order valence-electron chi connectivity index (χ2n) is 2.70. The third-order valence-electron chi connectivity index (χ3n) is 1.52. The smallest absolute Gasteiger partial charge is 0.402 e. The van der Waals surface area contributed by atoms with Crippen molar-refractivity contribution in [1.29, 1.82) is 5.26 Å². The van der Waals surface area contributed by atoms with Gasteiger partial charge in [-0.25, -0.2) is 4.98 Å². The van der Waals surface area contributed by atoms with Gasteiger partial charge in [0.25, 0.3) is 0 Å². The Morgan fingerprint density at radius 1 is 1.53 bits per heavy atom. The fraction of sp³-hybridized carbons (Fsp3) is 0.250. The fourth-order valence-electron chi connectivity index (χ4n) is 0.991. The van der Waals surface area contributed by atoms with Crippen LogP contribution in [0.2, 0.25) is 0 Å². The summed E-state index contributed by atoms with van der Waals surface area (Å²) in [6.07, 6.45) is -4.82. The van der Waals surface area contributed by atoms with E-state index in [-0.39, 0.29) is 11.3 Å². The predicted molar refractivity (Wildman–Crippen MR) is 44.8 cm³/mol. The molecule has 0 saturated carbocycles. The fourth-order valence-corrected chi connectivity index (χ4v) is 0.991. The number of hydrogen-bond donors (Lipinski definition) is 1. The van der Waals surface area contributed by atoms with Crippen molar-refractivity contribution < 1.29 is 17.9 Å². The van der Waals surface area contributed by atoms with Crippen LogP contribution in [0.1, 0.15) is 11.3 Å². The Bertz CT molecular complexity index is 399. The molecular formula is C8H6F3N3O. The molecule has 0 aliphatic rings. The molecule has 1 aromatic heterocycles. The van der Waals surface area contributed by atoms with Gasteiger partial charge in [-0.2, -0.15) is 5.26 Å². The Morgan fingerprint density at radius 2 is 2.13 bits per heavy atom. The molecule has 2 N–H and O–H groups in total. The van der Waals surface area contributed by atoms with E-state index < -0.39 is 17.9 Å². The van der Waals surface area contributed by atoms with Crippen LogP contribution in [0.25, 0.3) is 0 Å². The van der Waals surface area contributed by atoms with E-state index in [1.54, 1.807) is 6.07 Å². The van der Waals surface area contributed by atoms with Crippen LogP contribution in [0, 0.1) is 18.3 Å². The van der Waals surface area contributed by atoms with Crippen LogP contribution in [0.5, 0.6) is 5.75 Å². The van der Waals surface area contributed by atoms with Crippen molar-refractivity contribution in [2.45, 2.75) is 13.3 Å². The monoisotopic (exact) mass is 217 g/mol. The van der Waals surface area contributed by atoms with Crippen molar-refractivity contribution in [3.8, 4) is 11.8 Å². The molecule has 1 rings (SSSR count). The molecule has 15 heavy (non-hydrogen) atoms. The zero-order valence-corrected chi connectivity index (χ0v) is 7.59. The SMILES string of the molecule is Cc1cc(C#N)nc(N)c1OC(F)(F)F. The van der Waals surface area contributed by atoms with E-state index in [9.17, 15) is 13.2 Å². The van der Waals surface area contributed by atoms with Gasteiger partial charge in [-0.3, -0.25) is 0 Å². The second kappa shape index (κ2) is 3.65. The molecule has 4 nitrogen and oxygen atoms in total. The van der Waals surface area contributed by atoms with Crippen LogP contribution in [0.4, 0.5) is 19.0 Å². The first-order chi connectivity index (χ1) is 6.83. The Hall–Kier alpha value is -1.97. The normalized spacial score (nSPS) is 10.9. The number of nitrogens with two attached hydrogens (primary N) is 1. The summed E-state index contributed by atoms with van der Waals surface area (Å²) in [7, 11) is 0. The maximum absolute atomic E-state index is 11.9. The average Bonchev–Trinajstić information content (AvgIpc) is 2.09. The molecule has 0 aliphatic carbocycles. The second-order valence-corrected chi connectivity index (χ2v) is 2.70. The van der Waals surface area contributed by atoms with Crippen LogP contribution >= 0.6 is 0 Å². The highest BCUT2D eigenvalue weighted by Crippen LogP contribution is 2.30. The zero-order valence-electron chi connectivity index (χ0n) is 7.59. The van der Waals surface area contributed by atoms with Gasteiger partial charge in [-0.05, 0) is 18.6 Å². The van der Waals surface area contributed by atoms with Crippen molar-refractivity contribution in [1.82, 2.24) is 4.98 Å². The van der Waals surface area contributed by atoms with Gasteiger partial charge in [-0.15, -0.1) is 13.2 Å². The van der Waals surface area contributed by atoms with E-state index in [2.05, 4.69) is 9.72 Å². The topological polar surface area (TPSA) is 71.9 Å². The molecule has 0 saturated heterocycles. The third kappa shape index (κ3) is 2.74. The van der Waals surface area contributed by atoms with Gasteiger partial charge in [0.2, 0.25) is 0 Å². The molecule has 7 heteroatoms. The Morgan fingerprint density at radius 3 is 2.53 bits per heavy atom. The molecule has 80 valence electrons. The van der Waals surface area contributed by atoms with E-state index >= 15 is 0 Å². The van der Waals surface area contributed by atoms with Gasteiger partial charge in [0.05, 0.1) is 0 Å². The highest BCUT2D eigenvalue weighted by molar-refractivity contribution is 5.53. The van der Waals surface area contributed by atoms with E-state index in [0.717, 1.165) is 6.07 Å². The predicted octanol–water partition coefficient (Wildman–Crippen LogP) is 1.74. The van der Waals surface area contributed by atoms with Gasteiger partial charge < -0.3 is 10.5 Å². The largest absolute Gasteiger partial charge is 0.573 e. The van der Waals surface area contributed by atoms with Gasteiger partial charge in [-0.1, -0.05) is 0 Å². The third-order valence-corrected chi connectivity index (χ3v) is 1.52. The van der Waals surface area contributed by atoms with Gasteiger partial charge in [0.15, 0.2) is 11.6 Å². The lowest BCUT2D eigenvalue weighted by Gasteiger charge is -2.12. The molecule has 0 amide bonds. The average molecular weight is 217 g/mol. The maximum atomic E-state index is 11.9. The minimum absolute atomic E-state index is 0.0560. The number of hydrogen-bond acceptors (Lipinski definition) is 4. The lowest BCUT2D eigenvalue weighted by Crippen LogP contribution is -2.19. The van der Waals surface area contributed by atoms with Crippen LogP contribution in [-0.2, 0) is 0 Å². The molecule has 0 spiro atoms. The van der Waals surface area contributed by atoms with E-state index in [4.69, 9.17) is 11.0 Å². The minimum Gasteiger partial charge on any atom is -0.402 e. The summed E-state index contributed by atoms with van der Waals surface area (Å²) in [6.45, 7) is 1.35. The molecule has 0 fully saturated rings. The molecular weight excluding hydrogens is 211 g/mol. The highest BCUT2D eigenvalue weighted by atomic mass is 19.4. The Kier molecular flexibility index (Phi) is 2.70. The first-order valence-corrected chi connectivity index (χ1v) is 3.76. The van der Waals surface area contributed by atoms with E-state index in [1.807, 2.05) is 0 Å². The lowest BCUT2D eigenvalue weighted by molar-refractivity contribution is -0.274. The number of ether oxygens (including phenoxy) is 1. The molecule has 0 atom stereocenters. The lowest BCUT2D eigenvalue weighted by atomic mass is 10.2. The number of anilines is 1. The number of nitrogens with zero attached hydrogens (tertiary/aromatic N) is 2. The molecule has 0 radical (unpaired) electrons. The molecule has 1 aromatic rings. The quantitative estimate of drug-likeness (QED) is 0.777. The molecule has 0 unspecified atom stereocenters. The maximum Gasteiger partial charge on any atom is 0.573 e. The molecule has 0 aromatic carbocycles. The van der Waals surface area contributed by atoms with Crippen molar-refractivity contribution in [3.05, 3.63) is 17.3 Å². The van der Waals surface area contributed by atoms with E-state index in [1.165, 1.54) is 6.92 Å². The van der Waals surface area contributed by atoms with Crippen molar-refractivity contribution >= 4 is 5.82 Å². The standard InChI is InChI=1S/C8H6F3N3O/c1-4-2-5(3-12)14-7(13)6(4)15-8(9,10)11/h2H,1H3,(H2,13,14). The van der Waals surface area contributed by atoms with Gasteiger partial charge in [0.1, 0.15) is 11.8 Å². The number of rotatable bonds is 1. The number of pyridine rings is 1. The van der Waals surface area contributed by atoms with Gasteiger partial charge in [0, 0.05) is 0 Å². The number of nitrogen functional groups attached to an aromatic ring is 1.